The Morgan fingerprint density at radius 3 is 2.54 bits per heavy atom. The number of rotatable bonds is 5. The van der Waals surface area contributed by atoms with Gasteiger partial charge >= 0.3 is 0 Å². The van der Waals surface area contributed by atoms with E-state index in [1.165, 1.54) is 0 Å². The zero-order chi connectivity index (χ0) is 20.3. The van der Waals surface area contributed by atoms with E-state index in [0.717, 1.165) is 0 Å². The maximum atomic E-state index is 13.2. The standard InChI is InChI=1S/C20H19Cl2N3O2S/c1-3-27-15-10-5-4-9-14(15)24-19(26)16-11(2)23-20(28)25-18(16)17-12(21)7-6-8-13(17)22/h4-10,18H,3H2,1-2H3,(H,24,26)(H2,23,25,28). The molecule has 1 unspecified atom stereocenters. The summed E-state index contributed by atoms with van der Waals surface area (Å²) >= 11 is 18.1. The van der Waals surface area contributed by atoms with Crippen LogP contribution in [0.3, 0.4) is 0 Å². The molecule has 146 valence electrons. The molecule has 0 radical (unpaired) electrons. The van der Waals surface area contributed by atoms with Gasteiger partial charge in [-0.2, -0.15) is 0 Å². The lowest BCUT2D eigenvalue weighted by Crippen LogP contribution is -2.46. The molecule has 0 aromatic heterocycles. The molecule has 1 aliphatic rings. The number of ether oxygens (including phenoxy) is 1. The van der Waals surface area contributed by atoms with Gasteiger partial charge in [0.1, 0.15) is 5.75 Å². The predicted molar refractivity (Wildman–Crippen MR) is 117 cm³/mol. The number of hydrogen-bond acceptors (Lipinski definition) is 3. The average molecular weight is 436 g/mol. The highest BCUT2D eigenvalue weighted by Gasteiger charge is 2.32. The molecule has 0 fully saturated rings. The van der Waals surface area contributed by atoms with Crippen LogP contribution in [0.15, 0.2) is 53.7 Å². The number of carbonyl (C=O) groups is 1. The Kier molecular flexibility index (Phi) is 6.44. The minimum Gasteiger partial charge on any atom is -0.492 e. The molecule has 1 heterocycles. The number of anilines is 1. The van der Waals surface area contributed by atoms with Crippen LogP contribution >= 0.6 is 35.4 Å². The van der Waals surface area contributed by atoms with E-state index in [-0.39, 0.29) is 5.91 Å². The van der Waals surface area contributed by atoms with Crippen LogP contribution in [0.5, 0.6) is 5.75 Å². The third-order valence-corrected chi connectivity index (χ3v) is 5.12. The number of para-hydroxylation sites is 2. The van der Waals surface area contributed by atoms with E-state index in [2.05, 4.69) is 16.0 Å². The number of halogens is 2. The number of thiocarbonyl (C=S) groups is 1. The van der Waals surface area contributed by atoms with Gasteiger partial charge in [0.25, 0.3) is 5.91 Å². The number of benzene rings is 2. The van der Waals surface area contributed by atoms with Crippen molar-refractivity contribution in [2.75, 3.05) is 11.9 Å². The van der Waals surface area contributed by atoms with Crippen LogP contribution in [-0.4, -0.2) is 17.6 Å². The molecule has 3 N–H and O–H groups in total. The van der Waals surface area contributed by atoms with Gasteiger partial charge in [-0.05, 0) is 50.3 Å². The van der Waals surface area contributed by atoms with Crippen LogP contribution in [0.25, 0.3) is 0 Å². The van der Waals surface area contributed by atoms with E-state index in [9.17, 15) is 4.79 Å². The van der Waals surface area contributed by atoms with Gasteiger partial charge in [-0.3, -0.25) is 4.79 Å². The van der Waals surface area contributed by atoms with E-state index in [4.69, 9.17) is 40.2 Å². The first kappa shape index (κ1) is 20.5. The first-order valence-electron chi connectivity index (χ1n) is 8.67. The Hall–Kier alpha value is -2.28. The molecule has 0 aliphatic carbocycles. The number of hydrogen-bond donors (Lipinski definition) is 3. The first-order valence-corrected chi connectivity index (χ1v) is 9.84. The fourth-order valence-corrected chi connectivity index (χ4v) is 3.93. The molecule has 3 rings (SSSR count). The summed E-state index contributed by atoms with van der Waals surface area (Å²) in [6.07, 6.45) is 0. The molecule has 0 bridgehead atoms. The lowest BCUT2D eigenvalue weighted by atomic mass is 9.94. The van der Waals surface area contributed by atoms with Gasteiger partial charge in [0.05, 0.1) is 23.9 Å². The van der Waals surface area contributed by atoms with Crippen molar-refractivity contribution < 1.29 is 9.53 Å². The number of carbonyl (C=O) groups excluding carboxylic acids is 1. The smallest absolute Gasteiger partial charge is 0.255 e. The van der Waals surface area contributed by atoms with Crippen LogP contribution < -0.4 is 20.7 Å². The Morgan fingerprint density at radius 2 is 1.86 bits per heavy atom. The fourth-order valence-electron chi connectivity index (χ4n) is 3.04. The summed E-state index contributed by atoms with van der Waals surface area (Å²) in [5.41, 5.74) is 2.23. The second-order valence-electron chi connectivity index (χ2n) is 6.09. The molecule has 1 atom stereocenters. The van der Waals surface area contributed by atoms with Gasteiger partial charge in [0.2, 0.25) is 0 Å². The van der Waals surface area contributed by atoms with Crippen LogP contribution in [0.2, 0.25) is 10.0 Å². The highest BCUT2D eigenvalue weighted by atomic mass is 35.5. The Labute approximate surface area is 179 Å². The van der Waals surface area contributed by atoms with Crippen molar-refractivity contribution in [3.8, 4) is 5.75 Å². The summed E-state index contributed by atoms with van der Waals surface area (Å²) in [6.45, 7) is 4.16. The second kappa shape index (κ2) is 8.82. The van der Waals surface area contributed by atoms with Crippen molar-refractivity contribution >= 4 is 52.1 Å². The third-order valence-electron chi connectivity index (χ3n) is 4.24. The van der Waals surface area contributed by atoms with Gasteiger partial charge < -0.3 is 20.7 Å². The quantitative estimate of drug-likeness (QED) is 0.587. The monoisotopic (exact) mass is 435 g/mol. The van der Waals surface area contributed by atoms with Crippen LogP contribution in [0, 0.1) is 0 Å². The topological polar surface area (TPSA) is 62.4 Å². The van der Waals surface area contributed by atoms with Crippen molar-refractivity contribution in [1.29, 1.82) is 0 Å². The lowest BCUT2D eigenvalue weighted by molar-refractivity contribution is -0.113. The van der Waals surface area contributed by atoms with Crippen LogP contribution in [-0.2, 0) is 4.79 Å². The number of amides is 1. The summed E-state index contributed by atoms with van der Waals surface area (Å²) in [5, 5.41) is 10.3. The van der Waals surface area contributed by atoms with Crippen molar-refractivity contribution in [3.05, 3.63) is 69.3 Å². The molecule has 1 amide bonds. The van der Waals surface area contributed by atoms with Crippen molar-refractivity contribution in [3.63, 3.8) is 0 Å². The minimum absolute atomic E-state index is 0.312. The molecule has 8 heteroatoms. The second-order valence-corrected chi connectivity index (χ2v) is 7.31. The van der Waals surface area contributed by atoms with Crippen molar-refractivity contribution in [1.82, 2.24) is 10.6 Å². The molecule has 2 aromatic carbocycles. The maximum Gasteiger partial charge on any atom is 0.255 e. The zero-order valence-corrected chi connectivity index (χ0v) is 17.6. The molecule has 0 saturated heterocycles. The largest absolute Gasteiger partial charge is 0.492 e. The van der Waals surface area contributed by atoms with E-state index < -0.39 is 6.04 Å². The summed E-state index contributed by atoms with van der Waals surface area (Å²) in [6, 6.07) is 11.9. The number of allylic oxidation sites excluding steroid dienone is 1. The van der Waals surface area contributed by atoms with Gasteiger partial charge in [-0.15, -0.1) is 0 Å². The van der Waals surface area contributed by atoms with Gasteiger partial charge in [-0.1, -0.05) is 41.4 Å². The zero-order valence-electron chi connectivity index (χ0n) is 15.3. The normalized spacial score (nSPS) is 16.3. The third kappa shape index (κ3) is 4.24. The van der Waals surface area contributed by atoms with Crippen molar-refractivity contribution in [2.24, 2.45) is 0 Å². The lowest BCUT2D eigenvalue weighted by Gasteiger charge is -2.31. The summed E-state index contributed by atoms with van der Waals surface area (Å²) < 4.78 is 5.59. The molecule has 1 aliphatic heterocycles. The fraction of sp³-hybridized carbons (Fsp3) is 0.200. The van der Waals surface area contributed by atoms with Gasteiger partial charge in [0.15, 0.2) is 5.11 Å². The molecular weight excluding hydrogens is 417 g/mol. The van der Waals surface area contributed by atoms with Gasteiger partial charge in [-0.25, -0.2) is 0 Å². The summed E-state index contributed by atoms with van der Waals surface area (Å²) in [5.74, 6) is 0.282. The van der Waals surface area contributed by atoms with Crippen LogP contribution in [0.4, 0.5) is 5.69 Å². The van der Waals surface area contributed by atoms with E-state index in [0.29, 0.717) is 50.0 Å². The van der Waals surface area contributed by atoms with E-state index >= 15 is 0 Å². The molecule has 28 heavy (non-hydrogen) atoms. The van der Waals surface area contributed by atoms with Crippen molar-refractivity contribution in [2.45, 2.75) is 19.9 Å². The molecular formula is C20H19Cl2N3O2S. The van der Waals surface area contributed by atoms with Crippen LogP contribution in [0.1, 0.15) is 25.5 Å². The van der Waals surface area contributed by atoms with E-state index in [1.807, 2.05) is 19.1 Å². The molecule has 0 saturated carbocycles. The Bertz CT molecular complexity index is 942. The highest BCUT2D eigenvalue weighted by molar-refractivity contribution is 7.80. The molecule has 0 spiro atoms. The summed E-state index contributed by atoms with van der Waals surface area (Å²) in [4.78, 5) is 13.2. The molecule has 2 aromatic rings. The SMILES string of the molecule is CCOc1ccccc1NC(=O)C1=C(C)NC(=S)NC1c1c(Cl)cccc1Cl. The Morgan fingerprint density at radius 1 is 1.18 bits per heavy atom. The Balaban J connectivity index is 2.01. The number of nitrogens with one attached hydrogen (secondary N) is 3. The maximum absolute atomic E-state index is 13.2. The molecule has 5 nitrogen and oxygen atoms in total. The minimum atomic E-state index is -0.589. The predicted octanol–water partition coefficient (Wildman–Crippen LogP) is 4.82. The van der Waals surface area contributed by atoms with E-state index in [1.54, 1.807) is 37.3 Å². The van der Waals surface area contributed by atoms with Gasteiger partial charge in [0, 0.05) is 21.3 Å². The summed E-state index contributed by atoms with van der Waals surface area (Å²) in [7, 11) is 0. The highest BCUT2D eigenvalue weighted by Crippen LogP contribution is 2.37. The average Bonchev–Trinajstić information content (AvgIpc) is 2.63. The first-order chi connectivity index (χ1) is 13.4.